The van der Waals surface area contributed by atoms with Crippen LogP contribution in [0.3, 0.4) is 0 Å². The molecule has 1 aromatic rings. The number of benzene rings is 1. The minimum absolute atomic E-state index is 0.0939. The number of ether oxygens (including phenoxy) is 1. The molecule has 14 heavy (non-hydrogen) atoms. The van der Waals surface area contributed by atoms with Crippen LogP contribution in [0.25, 0.3) is 0 Å². The highest BCUT2D eigenvalue weighted by Gasteiger charge is 2.07. The predicted molar refractivity (Wildman–Crippen MR) is 57.1 cm³/mol. The van der Waals surface area contributed by atoms with Crippen molar-refractivity contribution in [2.75, 3.05) is 6.61 Å². The van der Waals surface area contributed by atoms with Gasteiger partial charge in [-0.2, -0.15) is 0 Å². The summed E-state index contributed by atoms with van der Waals surface area (Å²) >= 11 is 10.9. The number of hydrogen-bond donors (Lipinski definition) is 0. The van der Waals surface area contributed by atoms with Crippen molar-refractivity contribution >= 4 is 28.6 Å². The molecule has 1 aromatic carbocycles. The van der Waals surface area contributed by atoms with Crippen molar-refractivity contribution in [1.82, 2.24) is 0 Å². The molecule has 0 heterocycles. The summed E-state index contributed by atoms with van der Waals surface area (Å²) in [4.78, 5) is 10.4. The van der Waals surface area contributed by atoms with Crippen LogP contribution in [0.15, 0.2) is 24.3 Å². The minimum Gasteiger partial charge on any atom is -0.453 e. The highest BCUT2D eigenvalue weighted by Crippen LogP contribution is 2.19. The van der Waals surface area contributed by atoms with Crippen molar-refractivity contribution in [3.05, 3.63) is 34.9 Å². The number of carbonyl (C=O) groups excluding carboxylic acids is 1. The summed E-state index contributed by atoms with van der Waals surface area (Å²) in [5.41, 5.74) is 0.245. The quantitative estimate of drug-likeness (QED) is 0.741. The smallest absolute Gasteiger partial charge is 0.403 e. The van der Waals surface area contributed by atoms with Gasteiger partial charge < -0.3 is 4.74 Å². The first-order chi connectivity index (χ1) is 6.59. The van der Waals surface area contributed by atoms with Gasteiger partial charge in [0.2, 0.25) is 0 Å². The number of rotatable bonds is 3. The van der Waals surface area contributed by atoms with E-state index in [0.717, 1.165) is 5.56 Å². The zero-order chi connectivity index (χ0) is 10.6. The fourth-order valence-electron chi connectivity index (χ4n) is 1.10. The summed E-state index contributed by atoms with van der Waals surface area (Å²) in [6.45, 7) is 2.20. The molecule has 0 spiro atoms. The normalized spacial score (nSPS) is 12.2. The summed E-state index contributed by atoms with van der Waals surface area (Å²) in [6.07, 6.45) is 0. The van der Waals surface area contributed by atoms with E-state index in [9.17, 15) is 4.79 Å². The Morgan fingerprint density at radius 1 is 1.57 bits per heavy atom. The van der Waals surface area contributed by atoms with Gasteiger partial charge in [-0.1, -0.05) is 30.7 Å². The molecule has 2 nitrogen and oxygen atoms in total. The van der Waals surface area contributed by atoms with Crippen LogP contribution in [-0.4, -0.2) is 12.0 Å². The number of hydrogen-bond acceptors (Lipinski definition) is 2. The molecule has 0 saturated heterocycles. The standard InChI is InChI=1S/C10H10Cl2O2/c1-7(6-14-10(12)13)8-3-2-4-9(11)5-8/h2-5,7H,6H2,1H3. The molecule has 76 valence electrons. The maximum atomic E-state index is 10.4. The van der Waals surface area contributed by atoms with Gasteiger partial charge in [0.25, 0.3) is 0 Å². The Kier molecular flexibility index (Phi) is 4.23. The van der Waals surface area contributed by atoms with Crippen molar-refractivity contribution in [3.8, 4) is 0 Å². The lowest BCUT2D eigenvalue weighted by Gasteiger charge is -2.10. The third-order valence-corrected chi connectivity index (χ3v) is 2.21. The van der Waals surface area contributed by atoms with E-state index in [4.69, 9.17) is 23.2 Å². The molecular weight excluding hydrogens is 223 g/mol. The van der Waals surface area contributed by atoms with Crippen LogP contribution < -0.4 is 0 Å². The van der Waals surface area contributed by atoms with Crippen LogP contribution in [0.4, 0.5) is 4.79 Å². The van der Waals surface area contributed by atoms with E-state index in [0.29, 0.717) is 5.02 Å². The molecular formula is C10H10Cl2O2. The third kappa shape index (κ3) is 3.56. The van der Waals surface area contributed by atoms with Gasteiger partial charge in [-0.15, -0.1) is 0 Å². The van der Waals surface area contributed by atoms with Crippen molar-refractivity contribution in [2.24, 2.45) is 0 Å². The maximum absolute atomic E-state index is 10.4. The zero-order valence-electron chi connectivity index (χ0n) is 7.67. The van der Waals surface area contributed by atoms with Crippen LogP contribution in [0.2, 0.25) is 5.02 Å². The zero-order valence-corrected chi connectivity index (χ0v) is 9.18. The second-order valence-electron chi connectivity index (χ2n) is 3.00. The number of carbonyl (C=O) groups is 1. The first-order valence-electron chi connectivity index (χ1n) is 4.17. The Hall–Kier alpha value is -0.730. The van der Waals surface area contributed by atoms with E-state index in [2.05, 4.69) is 4.74 Å². The van der Waals surface area contributed by atoms with Gasteiger partial charge in [0, 0.05) is 22.5 Å². The molecule has 1 rings (SSSR count). The van der Waals surface area contributed by atoms with E-state index in [1.165, 1.54) is 0 Å². The molecule has 1 atom stereocenters. The molecule has 4 heteroatoms. The molecule has 0 aliphatic heterocycles. The summed E-state index contributed by atoms with van der Waals surface area (Å²) in [5, 5.41) is 0.673. The topological polar surface area (TPSA) is 26.3 Å². The summed E-state index contributed by atoms with van der Waals surface area (Å²) in [7, 11) is 0. The van der Waals surface area contributed by atoms with E-state index < -0.39 is 5.43 Å². The first kappa shape index (κ1) is 11.3. The summed E-state index contributed by atoms with van der Waals surface area (Å²) < 4.78 is 4.68. The lowest BCUT2D eigenvalue weighted by molar-refractivity contribution is 0.167. The maximum Gasteiger partial charge on any atom is 0.403 e. The average Bonchev–Trinajstić information content (AvgIpc) is 2.14. The minimum atomic E-state index is -0.779. The highest BCUT2D eigenvalue weighted by molar-refractivity contribution is 6.61. The molecule has 0 fully saturated rings. The molecule has 0 aliphatic rings. The van der Waals surface area contributed by atoms with Gasteiger partial charge in [-0.25, -0.2) is 4.79 Å². The molecule has 0 aromatic heterocycles. The van der Waals surface area contributed by atoms with E-state index >= 15 is 0 Å². The van der Waals surface area contributed by atoms with Crippen LogP contribution in [-0.2, 0) is 4.74 Å². The van der Waals surface area contributed by atoms with E-state index in [-0.39, 0.29) is 12.5 Å². The molecule has 0 saturated carbocycles. The summed E-state index contributed by atoms with van der Waals surface area (Å²) in [5.74, 6) is 0.0939. The van der Waals surface area contributed by atoms with Crippen LogP contribution >= 0.6 is 23.2 Å². The van der Waals surface area contributed by atoms with Gasteiger partial charge in [0.15, 0.2) is 0 Å². The van der Waals surface area contributed by atoms with Gasteiger partial charge in [-0.3, -0.25) is 0 Å². The molecule has 0 aliphatic carbocycles. The van der Waals surface area contributed by atoms with Crippen molar-refractivity contribution < 1.29 is 9.53 Å². The highest BCUT2D eigenvalue weighted by atomic mass is 35.5. The van der Waals surface area contributed by atoms with Gasteiger partial charge in [0.05, 0.1) is 6.61 Å². The van der Waals surface area contributed by atoms with Crippen molar-refractivity contribution in [3.63, 3.8) is 0 Å². The molecule has 1 unspecified atom stereocenters. The SMILES string of the molecule is CC(COC(=O)Cl)c1cccc(Cl)c1. The second-order valence-corrected chi connectivity index (χ2v) is 3.75. The van der Waals surface area contributed by atoms with Crippen LogP contribution in [0.1, 0.15) is 18.4 Å². The van der Waals surface area contributed by atoms with Gasteiger partial charge in [0.1, 0.15) is 0 Å². The fourth-order valence-corrected chi connectivity index (χ4v) is 1.36. The number of halogens is 2. The molecule has 0 bridgehead atoms. The Morgan fingerprint density at radius 2 is 2.29 bits per heavy atom. The molecule has 0 amide bonds. The third-order valence-electron chi connectivity index (χ3n) is 1.86. The lowest BCUT2D eigenvalue weighted by atomic mass is 10.0. The van der Waals surface area contributed by atoms with Gasteiger partial charge >= 0.3 is 5.43 Å². The van der Waals surface area contributed by atoms with E-state index in [1.807, 2.05) is 25.1 Å². The Labute approximate surface area is 92.8 Å². The first-order valence-corrected chi connectivity index (χ1v) is 4.93. The summed E-state index contributed by atoms with van der Waals surface area (Å²) in [6, 6.07) is 7.43. The fraction of sp³-hybridized carbons (Fsp3) is 0.300. The Balaban J connectivity index is 2.60. The molecule has 0 N–H and O–H groups in total. The lowest BCUT2D eigenvalue weighted by Crippen LogP contribution is -2.05. The molecule has 0 radical (unpaired) electrons. The predicted octanol–water partition coefficient (Wildman–Crippen LogP) is 3.82. The van der Waals surface area contributed by atoms with Gasteiger partial charge in [-0.05, 0) is 17.7 Å². The second kappa shape index (κ2) is 5.23. The Bertz CT molecular complexity index is 326. The van der Waals surface area contributed by atoms with Crippen molar-refractivity contribution in [1.29, 1.82) is 0 Å². The Morgan fingerprint density at radius 3 is 2.86 bits per heavy atom. The van der Waals surface area contributed by atoms with Crippen LogP contribution in [0.5, 0.6) is 0 Å². The monoisotopic (exact) mass is 232 g/mol. The van der Waals surface area contributed by atoms with Crippen molar-refractivity contribution in [2.45, 2.75) is 12.8 Å². The van der Waals surface area contributed by atoms with Crippen LogP contribution in [0, 0.1) is 0 Å². The average molecular weight is 233 g/mol. The largest absolute Gasteiger partial charge is 0.453 e. The van der Waals surface area contributed by atoms with E-state index in [1.54, 1.807) is 6.07 Å².